The second-order valence-corrected chi connectivity index (χ2v) is 5.49. The molecule has 23 heavy (non-hydrogen) atoms. The minimum atomic E-state index is -0.521. The molecule has 0 saturated carbocycles. The molecule has 0 spiro atoms. The number of aromatic nitrogens is 1. The first-order valence-corrected chi connectivity index (χ1v) is 7.75. The fourth-order valence-corrected chi connectivity index (χ4v) is 2.59. The monoisotopic (exact) mass is 322 g/mol. The van der Waals surface area contributed by atoms with Crippen molar-refractivity contribution in [2.24, 2.45) is 13.0 Å². The van der Waals surface area contributed by atoms with E-state index in [1.54, 1.807) is 41.8 Å². The maximum absolute atomic E-state index is 12.1. The van der Waals surface area contributed by atoms with Crippen LogP contribution in [-0.2, 0) is 26.1 Å². The van der Waals surface area contributed by atoms with Gasteiger partial charge in [-0.15, -0.1) is 0 Å². The average Bonchev–Trinajstić information content (AvgIpc) is 2.99. The summed E-state index contributed by atoms with van der Waals surface area (Å²) < 4.78 is 11.7. The van der Waals surface area contributed by atoms with Gasteiger partial charge in [0.25, 0.3) is 5.91 Å². The summed E-state index contributed by atoms with van der Waals surface area (Å²) in [4.78, 5) is 37.2. The lowest BCUT2D eigenvalue weighted by Gasteiger charge is -2.30. The summed E-state index contributed by atoms with van der Waals surface area (Å²) in [5.41, 5.74) is 0.402. The molecule has 1 fully saturated rings. The van der Waals surface area contributed by atoms with E-state index in [-0.39, 0.29) is 24.4 Å². The van der Waals surface area contributed by atoms with Gasteiger partial charge in [-0.3, -0.25) is 9.59 Å². The first-order chi connectivity index (χ1) is 11.0. The second kappa shape index (κ2) is 7.80. The number of hydrogen-bond acceptors (Lipinski definition) is 5. The van der Waals surface area contributed by atoms with Crippen LogP contribution in [0.2, 0.25) is 0 Å². The van der Waals surface area contributed by atoms with Crippen LogP contribution >= 0.6 is 0 Å². The quantitative estimate of drug-likeness (QED) is 0.755. The van der Waals surface area contributed by atoms with Crippen LogP contribution < -0.4 is 0 Å². The minimum Gasteiger partial charge on any atom is -0.466 e. The molecular weight excluding hydrogens is 300 g/mol. The molecule has 1 aliphatic rings. The predicted molar refractivity (Wildman–Crippen MR) is 81.6 cm³/mol. The van der Waals surface area contributed by atoms with E-state index in [1.807, 2.05) is 0 Å². The number of carbonyl (C=O) groups is 3. The van der Waals surface area contributed by atoms with Crippen molar-refractivity contribution in [3.05, 3.63) is 24.0 Å². The number of nitrogens with zero attached hydrogens (tertiary/aromatic N) is 2. The Morgan fingerprint density at radius 2 is 1.91 bits per heavy atom. The fraction of sp³-hybridized carbons (Fsp3) is 0.562. The molecule has 126 valence electrons. The molecule has 0 unspecified atom stereocenters. The summed E-state index contributed by atoms with van der Waals surface area (Å²) in [5.74, 6) is -1.11. The van der Waals surface area contributed by atoms with E-state index in [4.69, 9.17) is 9.47 Å². The van der Waals surface area contributed by atoms with Crippen molar-refractivity contribution < 1.29 is 23.9 Å². The lowest BCUT2D eigenvalue weighted by Crippen LogP contribution is -2.42. The normalized spacial score (nSPS) is 15.3. The molecule has 0 atom stereocenters. The predicted octanol–water partition coefficient (Wildman–Crippen LogP) is 0.984. The molecule has 7 nitrogen and oxygen atoms in total. The number of amides is 1. The summed E-state index contributed by atoms with van der Waals surface area (Å²) in [5, 5.41) is 0. The average molecular weight is 322 g/mol. The van der Waals surface area contributed by atoms with Crippen molar-refractivity contribution in [1.82, 2.24) is 9.47 Å². The molecule has 2 rings (SSSR count). The highest BCUT2D eigenvalue weighted by Crippen LogP contribution is 2.18. The van der Waals surface area contributed by atoms with E-state index in [9.17, 15) is 14.4 Å². The molecule has 0 radical (unpaired) electrons. The van der Waals surface area contributed by atoms with Gasteiger partial charge in [0, 0.05) is 26.3 Å². The first-order valence-electron chi connectivity index (χ1n) is 7.75. The van der Waals surface area contributed by atoms with Crippen molar-refractivity contribution >= 4 is 17.8 Å². The van der Waals surface area contributed by atoms with Crippen LogP contribution in [0.3, 0.4) is 0 Å². The Balaban J connectivity index is 1.76. The summed E-state index contributed by atoms with van der Waals surface area (Å²) in [6.45, 7) is 2.81. The number of esters is 2. The molecule has 7 heteroatoms. The lowest BCUT2D eigenvalue weighted by atomic mass is 9.97. The van der Waals surface area contributed by atoms with E-state index in [2.05, 4.69) is 0 Å². The van der Waals surface area contributed by atoms with Gasteiger partial charge in [-0.1, -0.05) is 0 Å². The van der Waals surface area contributed by atoms with E-state index in [1.165, 1.54) is 0 Å². The Bertz CT molecular complexity index is 573. The van der Waals surface area contributed by atoms with Crippen molar-refractivity contribution in [1.29, 1.82) is 0 Å². The van der Waals surface area contributed by atoms with Gasteiger partial charge >= 0.3 is 11.9 Å². The van der Waals surface area contributed by atoms with Crippen molar-refractivity contribution in [3.8, 4) is 0 Å². The number of carbonyl (C=O) groups excluding carboxylic acids is 3. The van der Waals surface area contributed by atoms with Crippen LogP contribution in [0.1, 0.15) is 30.3 Å². The van der Waals surface area contributed by atoms with Crippen molar-refractivity contribution in [3.63, 3.8) is 0 Å². The SMILES string of the molecule is CCOC(=O)C1CCN(C(=O)COC(=O)c2cccn2C)CC1. The third kappa shape index (κ3) is 4.34. The molecule has 1 aliphatic heterocycles. The zero-order valence-corrected chi connectivity index (χ0v) is 13.5. The Labute approximate surface area is 135 Å². The number of rotatable bonds is 5. The van der Waals surface area contributed by atoms with Crippen molar-refractivity contribution in [2.45, 2.75) is 19.8 Å². The van der Waals surface area contributed by atoms with Crippen LogP contribution in [0.5, 0.6) is 0 Å². The van der Waals surface area contributed by atoms with Crippen LogP contribution in [0, 0.1) is 5.92 Å². The van der Waals surface area contributed by atoms with Gasteiger partial charge in [0.2, 0.25) is 0 Å². The van der Waals surface area contributed by atoms with Gasteiger partial charge in [-0.25, -0.2) is 4.79 Å². The number of hydrogen-bond donors (Lipinski definition) is 0. The van der Waals surface area contributed by atoms with E-state index in [0.29, 0.717) is 38.2 Å². The summed E-state index contributed by atoms with van der Waals surface area (Å²) in [7, 11) is 1.73. The number of likely N-dealkylation sites (tertiary alicyclic amines) is 1. The smallest absolute Gasteiger partial charge is 0.355 e. The molecule has 0 aromatic carbocycles. The third-order valence-corrected chi connectivity index (χ3v) is 3.95. The topological polar surface area (TPSA) is 77.8 Å². The van der Waals surface area contributed by atoms with E-state index >= 15 is 0 Å². The third-order valence-electron chi connectivity index (χ3n) is 3.95. The van der Waals surface area contributed by atoms with Gasteiger partial charge in [0.15, 0.2) is 6.61 Å². The molecule has 1 aromatic rings. The fourth-order valence-electron chi connectivity index (χ4n) is 2.59. The highest BCUT2D eigenvalue weighted by Gasteiger charge is 2.28. The molecular formula is C16H22N2O5. The molecule has 0 bridgehead atoms. The van der Waals surface area contributed by atoms with Crippen LogP contribution in [0.15, 0.2) is 18.3 Å². The number of piperidine rings is 1. The Morgan fingerprint density at radius 1 is 1.22 bits per heavy atom. The van der Waals surface area contributed by atoms with Gasteiger partial charge in [0.1, 0.15) is 5.69 Å². The van der Waals surface area contributed by atoms with Crippen molar-refractivity contribution in [2.75, 3.05) is 26.3 Å². The Morgan fingerprint density at radius 3 is 2.48 bits per heavy atom. The summed E-state index contributed by atoms with van der Waals surface area (Å²) >= 11 is 0. The van der Waals surface area contributed by atoms with Gasteiger partial charge in [0.05, 0.1) is 12.5 Å². The lowest BCUT2D eigenvalue weighted by molar-refractivity contribution is -0.151. The maximum Gasteiger partial charge on any atom is 0.355 e. The van der Waals surface area contributed by atoms with Crippen LogP contribution in [0.25, 0.3) is 0 Å². The number of aryl methyl sites for hydroxylation is 1. The summed E-state index contributed by atoms with van der Waals surface area (Å²) in [6.07, 6.45) is 2.89. The summed E-state index contributed by atoms with van der Waals surface area (Å²) in [6, 6.07) is 3.37. The highest BCUT2D eigenvalue weighted by molar-refractivity contribution is 5.90. The molecule has 1 aromatic heterocycles. The van der Waals surface area contributed by atoms with Gasteiger partial charge < -0.3 is 18.9 Å². The molecule has 0 aliphatic carbocycles. The van der Waals surface area contributed by atoms with Crippen LogP contribution in [-0.4, -0.2) is 53.6 Å². The highest BCUT2D eigenvalue weighted by atomic mass is 16.5. The first kappa shape index (κ1) is 17.1. The standard InChI is InChI=1S/C16H22N2O5/c1-3-22-15(20)12-6-9-18(10-7-12)14(19)11-23-16(21)13-5-4-8-17(13)2/h4-5,8,12H,3,6-7,9-11H2,1-2H3. The Kier molecular flexibility index (Phi) is 5.78. The largest absolute Gasteiger partial charge is 0.466 e. The molecule has 2 heterocycles. The van der Waals surface area contributed by atoms with E-state index < -0.39 is 5.97 Å². The second-order valence-electron chi connectivity index (χ2n) is 5.49. The maximum atomic E-state index is 12.1. The zero-order valence-electron chi connectivity index (χ0n) is 13.5. The molecule has 1 amide bonds. The van der Waals surface area contributed by atoms with Gasteiger partial charge in [-0.05, 0) is 31.9 Å². The molecule has 1 saturated heterocycles. The molecule has 0 N–H and O–H groups in total. The van der Waals surface area contributed by atoms with E-state index in [0.717, 1.165) is 0 Å². The Hall–Kier alpha value is -2.31. The van der Waals surface area contributed by atoms with Gasteiger partial charge in [-0.2, -0.15) is 0 Å². The zero-order chi connectivity index (χ0) is 16.8. The number of ether oxygens (including phenoxy) is 2. The van der Waals surface area contributed by atoms with Crippen LogP contribution in [0.4, 0.5) is 0 Å². The minimum absolute atomic E-state index is 0.148.